The third-order valence-corrected chi connectivity index (χ3v) is 4.85. The summed E-state index contributed by atoms with van der Waals surface area (Å²) in [4.78, 5) is 16.6. The number of halogens is 1. The van der Waals surface area contributed by atoms with Crippen LogP contribution in [-0.4, -0.2) is 33.4 Å². The van der Waals surface area contributed by atoms with Crippen LogP contribution in [0.4, 0.5) is 4.39 Å². The molecule has 0 spiro atoms. The average molecular weight is 386 g/mol. The van der Waals surface area contributed by atoms with Crippen molar-refractivity contribution in [2.45, 2.75) is 23.9 Å². The second kappa shape index (κ2) is 8.68. The molecule has 1 heterocycles. The van der Waals surface area contributed by atoms with E-state index in [1.54, 1.807) is 32.2 Å². The van der Waals surface area contributed by atoms with E-state index in [1.165, 1.54) is 17.8 Å². The normalized spacial score (nSPS) is 11.8. The summed E-state index contributed by atoms with van der Waals surface area (Å²) in [6, 6.07) is 13.8. The standard InChI is InChI=1S/C19H19FN4O2S/c1-12(18(25)21-11-13-7-3-6-10-16(13)26-2)27-19-22-17(23-24-19)14-8-4-5-9-15(14)20/h3-10,12H,11H2,1-2H3,(H,21,25)(H,22,23,24). The summed E-state index contributed by atoms with van der Waals surface area (Å²) in [7, 11) is 1.59. The highest BCUT2D eigenvalue weighted by Crippen LogP contribution is 2.24. The lowest BCUT2D eigenvalue weighted by atomic mass is 10.2. The third-order valence-electron chi connectivity index (χ3n) is 3.89. The molecule has 0 fully saturated rings. The van der Waals surface area contributed by atoms with Gasteiger partial charge in [0, 0.05) is 12.1 Å². The van der Waals surface area contributed by atoms with Crippen LogP contribution in [0.25, 0.3) is 11.4 Å². The number of carbonyl (C=O) groups excluding carboxylic acids is 1. The maximum absolute atomic E-state index is 13.8. The minimum absolute atomic E-state index is 0.150. The number of hydrogen-bond donors (Lipinski definition) is 2. The Bertz CT molecular complexity index is 931. The lowest BCUT2D eigenvalue weighted by Crippen LogP contribution is -2.30. The molecule has 3 aromatic rings. The van der Waals surface area contributed by atoms with Crippen molar-refractivity contribution in [1.82, 2.24) is 20.5 Å². The maximum atomic E-state index is 13.8. The van der Waals surface area contributed by atoms with Crippen LogP contribution in [-0.2, 0) is 11.3 Å². The summed E-state index contributed by atoms with van der Waals surface area (Å²) in [5.41, 5.74) is 1.23. The number of rotatable bonds is 7. The zero-order valence-electron chi connectivity index (χ0n) is 14.9. The Morgan fingerprint density at radius 3 is 2.78 bits per heavy atom. The number of benzene rings is 2. The van der Waals surface area contributed by atoms with E-state index in [9.17, 15) is 9.18 Å². The van der Waals surface area contributed by atoms with E-state index < -0.39 is 5.25 Å². The topological polar surface area (TPSA) is 79.9 Å². The first-order valence-electron chi connectivity index (χ1n) is 8.32. The van der Waals surface area contributed by atoms with Gasteiger partial charge in [-0.25, -0.2) is 9.37 Å². The number of amides is 1. The van der Waals surface area contributed by atoms with Crippen LogP contribution in [0.5, 0.6) is 5.75 Å². The molecule has 1 atom stereocenters. The van der Waals surface area contributed by atoms with Crippen molar-refractivity contribution in [2.75, 3.05) is 7.11 Å². The van der Waals surface area contributed by atoms with Crippen LogP contribution in [0.3, 0.4) is 0 Å². The Morgan fingerprint density at radius 2 is 2.00 bits per heavy atom. The Morgan fingerprint density at radius 1 is 1.26 bits per heavy atom. The Hall–Kier alpha value is -2.87. The number of aromatic nitrogens is 3. The fourth-order valence-electron chi connectivity index (χ4n) is 2.46. The first-order chi connectivity index (χ1) is 13.1. The highest BCUT2D eigenvalue weighted by Gasteiger charge is 2.18. The minimum Gasteiger partial charge on any atom is -0.496 e. The van der Waals surface area contributed by atoms with E-state index in [-0.39, 0.29) is 11.7 Å². The van der Waals surface area contributed by atoms with E-state index in [0.29, 0.717) is 23.1 Å². The van der Waals surface area contributed by atoms with Crippen molar-refractivity contribution in [1.29, 1.82) is 0 Å². The highest BCUT2D eigenvalue weighted by atomic mass is 32.2. The molecule has 3 rings (SSSR count). The molecule has 1 unspecified atom stereocenters. The summed E-state index contributed by atoms with van der Waals surface area (Å²) in [5, 5.41) is 9.62. The van der Waals surface area contributed by atoms with Crippen molar-refractivity contribution in [2.24, 2.45) is 0 Å². The van der Waals surface area contributed by atoms with Gasteiger partial charge in [0.15, 0.2) is 5.82 Å². The monoisotopic (exact) mass is 386 g/mol. The number of hydrogen-bond acceptors (Lipinski definition) is 5. The largest absolute Gasteiger partial charge is 0.496 e. The van der Waals surface area contributed by atoms with Gasteiger partial charge in [-0.05, 0) is 25.1 Å². The van der Waals surface area contributed by atoms with Crippen molar-refractivity contribution >= 4 is 17.7 Å². The SMILES string of the molecule is COc1ccccc1CNC(=O)C(C)Sc1n[nH]c(-c2ccccc2F)n1. The van der Waals surface area contributed by atoms with Gasteiger partial charge in [0.2, 0.25) is 11.1 Å². The Kier molecular flexibility index (Phi) is 6.08. The fraction of sp³-hybridized carbons (Fsp3) is 0.211. The second-order valence-electron chi connectivity index (χ2n) is 5.74. The van der Waals surface area contributed by atoms with Crippen molar-refractivity contribution in [3.05, 3.63) is 59.9 Å². The van der Waals surface area contributed by atoms with Crippen molar-refractivity contribution in [3.63, 3.8) is 0 Å². The average Bonchev–Trinajstić information content (AvgIpc) is 3.14. The summed E-state index contributed by atoms with van der Waals surface area (Å²) >= 11 is 1.20. The molecule has 8 heteroatoms. The molecule has 1 aromatic heterocycles. The number of nitrogens with one attached hydrogen (secondary N) is 2. The van der Waals surface area contributed by atoms with Gasteiger partial charge in [0.25, 0.3) is 0 Å². The van der Waals surface area contributed by atoms with Gasteiger partial charge in [0.05, 0.1) is 17.9 Å². The van der Waals surface area contributed by atoms with Crippen molar-refractivity contribution in [3.8, 4) is 17.1 Å². The number of thioether (sulfide) groups is 1. The first kappa shape index (κ1) is 18.9. The van der Waals surface area contributed by atoms with E-state index in [4.69, 9.17) is 4.74 Å². The lowest BCUT2D eigenvalue weighted by Gasteiger charge is -2.12. The molecule has 0 bridgehead atoms. The van der Waals surface area contributed by atoms with Gasteiger partial charge in [-0.3, -0.25) is 9.89 Å². The molecule has 0 aliphatic rings. The summed E-state index contributed by atoms with van der Waals surface area (Å²) < 4.78 is 19.1. The van der Waals surface area contributed by atoms with Crippen LogP contribution < -0.4 is 10.1 Å². The smallest absolute Gasteiger partial charge is 0.233 e. The third kappa shape index (κ3) is 4.65. The summed E-state index contributed by atoms with van der Waals surface area (Å²) in [6.45, 7) is 2.13. The van der Waals surface area contributed by atoms with Gasteiger partial charge in [-0.15, -0.1) is 5.10 Å². The molecule has 0 aliphatic carbocycles. The molecule has 0 saturated carbocycles. The molecule has 0 aliphatic heterocycles. The number of methoxy groups -OCH3 is 1. The van der Waals surface area contributed by atoms with Gasteiger partial charge < -0.3 is 10.1 Å². The van der Waals surface area contributed by atoms with Crippen LogP contribution in [0.1, 0.15) is 12.5 Å². The van der Waals surface area contributed by atoms with Crippen LogP contribution in [0, 0.1) is 5.82 Å². The van der Waals surface area contributed by atoms with E-state index in [2.05, 4.69) is 20.5 Å². The lowest BCUT2D eigenvalue weighted by molar-refractivity contribution is -0.120. The van der Waals surface area contributed by atoms with Crippen LogP contribution in [0.2, 0.25) is 0 Å². The predicted molar refractivity (Wildman–Crippen MR) is 102 cm³/mol. The van der Waals surface area contributed by atoms with E-state index in [1.807, 2.05) is 24.3 Å². The summed E-state index contributed by atoms with van der Waals surface area (Å²) in [5.74, 6) is 0.523. The van der Waals surface area contributed by atoms with Gasteiger partial charge in [-0.2, -0.15) is 0 Å². The van der Waals surface area contributed by atoms with Gasteiger partial charge in [0.1, 0.15) is 11.6 Å². The summed E-state index contributed by atoms with van der Waals surface area (Å²) in [6.07, 6.45) is 0. The quantitative estimate of drug-likeness (QED) is 0.608. The van der Waals surface area contributed by atoms with Crippen LogP contribution >= 0.6 is 11.8 Å². The number of H-pyrrole nitrogens is 1. The molecule has 1 amide bonds. The zero-order valence-corrected chi connectivity index (χ0v) is 15.7. The maximum Gasteiger partial charge on any atom is 0.233 e. The number of nitrogens with zero attached hydrogens (tertiary/aromatic N) is 2. The van der Waals surface area contributed by atoms with Gasteiger partial charge in [-0.1, -0.05) is 42.1 Å². The molecule has 140 valence electrons. The first-order valence-corrected chi connectivity index (χ1v) is 9.20. The molecule has 0 radical (unpaired) electrons. The zero-order chi connectivity index (χ0) is 19.2. The minimum atomic E-state index is -0.413. The fourth-order valence-corrected chi connectivity index (χ4v) is 3.21. The molecule has 0 saturated heterocycles. The highest BCUT2D eigenvalue weighted by molar-refractivity contribution is 8.00. The van der Waals surface area contributed by atoms with E-state index in [0.717, 1.165) is 11.3 Å². The Balaban J connectivity index is 1.59. The van der Waals surface area contributed by atoms with E-state index >= 15 is 0 Å². The number of para-hydroxylation sites is 1. The molecule has 6 nitrogen and oxygen atoms in total. The Labute approximate surface area is 160 Å². The predicted octanol–water partition coefficient (Wildman–Crippen LogP) is 3.42. The van der Waals surface area contributed by atoms with Crippen molar-refractivity contribution < 1.29 is 13.9 Å². The van der Waals surface area contributed by atoms with Crippen LogP contribution in [0.15, 0.2) is 53.7 Å². The number of aromatic amines is 1. The number of carbonyl (C=O) groups is 1. The molecule has 2 N–H and O–H groups in total. The molecular formula is C19H19FN4O2S. The number of ether oxygens (including phenoxy) is 1. The van der Waals surface area contributed by atoms with Gasteiger partial charge >= 0.3 is 0 Å². The second-order valence-corrected chi connectivity index (χ2v) is 7.04. The molecular weight excluding hydrogens is 367 g/mol. The molecule has 27 heavy (non-hydrogen) atoms. The molecule has 2 aromatic carbocycles.